The van der Waals surface area contributed by atoms with Crippen molar-refractivity contribution in [2.45, 2.75) is 38.1 Å². The lowest BCUT2D eigenvalue weighted by Crippen LogP contribution is -2.40. The van der Waals surface area contributed by atoms with Crippen LogP contribution in [0.25, 0.3) is 0 Å². The zero-order valence-electron chi connectivity index (χ0n) is 11.0. The molecule has 1 fully saturated rings. The maximum Gasteiger partial charge on any atom is 0.416 e. The molecule has 0 spiro atoms. The normalized spacial score (nSPS) is 20.7. The van der Waals surface area contributed by atoms with Crippen molar-refractivity contribution in [3.63, 3.8) is 0 Å². The van der Waals surface area contributed by atoms with Gasteiger partial charge in [0.25, 0.3) is 5.91 Å². The molecular weight excluding hydrogens is 271 g/mol. The molecule has 1 aromatic rings. The summed E-state index contributed by atoms with van der Waals surface area (Å²) >= 11 is 0. The number of carbonyl (C=O) groups is 1. The summed E-state index contributed by atoms with van der Waals surface area (Å²) in [5.41, 5.74) is -0.820. The Balaban J connectivity index is 2.05. The monoisotopic (exact) mass is 287 g/mol. The third-order valence-corrected chi connectivity index (χ3v) is 3.33. The first-order chi connectivity index (χ1) is 9.38. The first-order valence-electron chi connectivity index (χ1n) is 6.47. The largest absolute Gasteiger partial charge is 0.416 e. The van der Waals surface area contributed by atoms with Crippen LogP contribution < -0.4 is 5.32 Å². The van der Waals surface area contributed by atoms with Crippen molar-refractivity contribution < 1.29 is 22.7 Å². The summed E-state index contributed by atoms with van der Waals surface area (Å²) in [4.78, 5) is 12.0. The van der Waals surface area contributed by atoms with E-state index in [1.165, 1.54) is 12.1 Å². The first-order valence-corrected chi connectivity index (χ1v) is 6.47. The molecule has 0 unspecified atom stereocenters. The molecule has 0 bridgehead atoms. The Labute approximate surface area is 115 Å². The van der Waals surface area contributed by atoms with Gasteiger partial charge in [-0.05, 0) is 38.0 Å². The summed E-state index contributed by atoms with van der Waals surface area (Å²) in [6.45, 7) is 2.45. The predicted octanol–water partition coefficient (Wildman–Crippen LogP) is 3.00. The molecule has 1 N–H and O–H groups in total. The van der Waals surface area contributed by atoms with Gasteiger partial charge in [0, 0.05) is 12.2 Å². The van der Waals surface area contributed by atoms with Crippen LogP contribution >= 0.6 is 0 Å². The summed E-state index contributed by atoms with van der Waals surface area (Å²) in [7, 11) is 0. The minimum Gasteiger partial charge on any atom is -0.376 e. The minimum absolute atomic E-state index is 0.00433. The lowest BCUT2D eigenvalue weighted by molar-refractivity contribution is -0.137. The van der Waals surface area contributed by atoms with Gasteiger partial charge in [-0.15, -0.1) is 0 Å². The second kappa shape index (κ2) is 5.83. The fourth-order valence-corrected chi connectivity index (χ4v) is 2.22. The van der Waals surface area contributed by atoms with Crippen molar-refractivity contribution >= 4 is 5.91 Å². The molecule has 1 aliphatic heterocycles. The van der Waals surface area contributed by atoms with E-state index < -0.39 is 17.6 Å². The Morgan fingerprint density at radius 1 is 1.45 bits per heavy atom. The van der Waals surface area contributed by atoms with E-state index in [0.29, 0.717) is 6.61 Å². The summed E-state index contributed by atoms with van der Waals surface area (Å²) in [5, 5.41) is 2.69. The highest BCUT2D eigenvalue weighted by Crippen LogP contribution is 2.29. The van der Waals surface area contributed by atoms with Crippen LogP contribution in [0.5, 0.6) is 0 Å². The van der Waals surface area contributed by atoms with Crippen LogP contribution in [-0.2, 0) is 10.9 Å². The van der Waals surface area contributed by atoms with E-state index in [1.807, 2.05) is 0 Å². The number of halogens is 3. The molecule has 1 heterocycles. The molecule has 1 amide bonds. The Kier molecular flexibility index (Phi) is 4.32. The summed E-state index contributed by atoms with van der Waals surface area (Å²) < 4.78 is 43.2. The third kappa shape index (κ3) is 3.50. The van der Waals surface area contributed by atoms with Gasteiger partial charge in [0.2, 0.25) is 0 Å². The van der Waals surface area contributed by atoms with Gasteiger partial charge in [-0.2, -0.15) is 13.2 Å². The number of nitrogens with one attached hydrogen (secondary N) is 1. The number of ether oxygens (including phenoxy) is 1. The second-order valence-corrected chi connectivity index (χ2v) is 4.89. The number of carbonyl (C=O) groups excluding carboxylic acids is 1. The molecule has 20 heavy (non-hydrogen) atoms. The van der Waals surface area contributed by atoms with Gasteiger partial charge in [-0.1, -0.05) is 6.07 Å². The van der Waals surface area contributed by atoms with Gasteiger partial charge >= 0.3 is 6.18 Å². The molecule has 6 heteroatoms. The van der Waals surface area contributed by atoms with E-state index in [2.05, 4.69) is 5.32 Å². The van der Waals surface area contributed by atoms with Crippen LogP contribution in [0, 0.1) is 0 Å². The first kappa shape index (κ1) is 14.8. The van der Waals surface area contributed by atoms with Crippen molar-refractivity contribution in [2.24, 2.45) is 0 Å². The van der Waals surface area contributed by atoms with E-state index in [-0.39, 0.29) is 17.7 Å². The highest BCUT2D eigenvalue weighted by molar-refractivity contribution is 5.94. The standard InChI is InChI=1S/C14H16F3NO2/c1-9(12-6-3-7-20-12)18-13(19)10-4-2-5-11(8-10)14(15,16)17/h2,4-5,8-9,12H,3,6-7H2,1H3,(H,18,19)/t9-,12+/m1/s1. The number of benzene rings is 1. The van der Waals surface area contributed by atoms with Crippen molar-refractivity contribution in [1.29, 1.82) is 0 Å². The maximum atomic E-state index is 12.6. The fraction of sp³-hybridized carbons (Fsp3) is 0.500. The Morgan fingerprint density at radius 2 is 2.20 bits per heavy atom. The topological polar surface area (TPSA) is 38.3 Å². The van der Waals surface area contributed by atoms with Gasteiger partial charge in [0.1, 0.15) is 0 Å². The average Bonchev–Trinajstić information content (AvgIpc) is 2.91. The molecule has 1 aliphatic rings. The van der Waals surface area contributed by atoms with Gasteiger partial charge in [-0.25, -0.2) is 0 Å². The lowest BCUT2D eigenvalue weighted by atomic mass is 10.1. The molecule has 2 atom stereocenters. The van der Waals surface area contributed by atoms with E-state index in [9.17, 15) is 18.0 Å². The predicted molar refractivity (Wildman–Crippen MR) is 67.3 cm³/mol. The van der Waals surface area contributed by atoms with Crippen molar-refractivity contribution in [2.75, 3.05) is 6.61 Å². The number of hydrogen-bond acceptors (Lipinski definition) is 2. The Hall–Kier alpha value is -1.56. The molecule has 3 nitrogen and oxygen atoms in total. The van der Waals surface area contributed by atoms with E-state index in [0.717, 1.165) is 25.0 Å². The number of rotatable bonds is 3. The maximum absolute atomic E-state index is 12.6. The molecule has 2 rings (SSSR count). The van der Waals surface area contributed by atoms with Crippen LogP contribution in [0.2, 0.25) is 0 Å². The highest BCUT2D eigenvalue weighted by atomic mass is 19.4. The average molecular weight is 287 g/mol. The molecule has 0 saturated carbocycles. The quantitative estimate of drug-likeness (QED) is 0.928. The van der Waals surface area contributed by atoms with Crippen LogP contribution in [0.15, 0.2) is 24.3 Å². The van der Waals surface area contributed by atoms with Gasteiger partial charge in [0.05, 0.1) is 17.7 Å². The molecular formula is C14H16F3NO2. The van der Waals surface area contributed by atoms with Gasteiger partial charge < -0.3 is 10.1 Å². The Bertz CT molecular complexity index is 482. The van der Waals surface area contributed by atoms with Crippen molar-refractivity contribution in [1.82, 2.24) is 5.32 Å². The SMILES string of the molecule is C[C@@H](NC(=O)c1cccc(C(F)(F)F)c1)[C@@H]1CCCO1. The van der Waals surface area contributed by atoms with E-state index in [1.54, 1.807) is 6.92 Å². The molecule has 0 aromatic heterocycles. The molecule has 1 aromatic carbocycles. The lowest BCUT2D eigenvalue weighted by Gasteiger charge is -2.20. The van der Waals surface area contributed by atoms with Crippen LogP contribution in [-0.4, -0.2) is 24.7 Å². The molecule has 0 radical (unpaired) electrons. The zero-order valence-corrected chi connectivity index (χ0v) is 11.0. The summed E-state index contributed by atoms with van der Waals surface area (Å²) in [5.74, 6) is -0.515. The minimum atomic E-state index is -4.45. The Morgan fingerprint density at radius 3 is 2.80 bits per heavy atom. The third-order valence-electron chi connectivity index (χ3n) is 3.33. The highest BCUT2D eigenvalue weighted by Gasteiger charge is 2.31. The number of alkyl halides is 3. The van der Waals surface area contributed by atoms with Crippen molar-refractivity contribution in [3.05, 3.63) is 35.4 Å². The smallest absolute Gasteiger partial charge is 0.376 e. The van der Waals surface area contributed by atoms with Crippen molar-refractivity contribution in [3.8, 4) is 0 Å². The van der Waals surface area contributed by atoms with E-state index in [4.69, 9.17) is 4.74 Å². The fourth-order valence-electron chi connectivity index (χ4n) is 2.22. The summed E-state index contributed by atoms with van der Waals surface area (Å²) in [6.07, 6.45) is -2.72. The number of hydrogen-bond donors (Lipinski definition) is 1. The summed E-state index contributed by atoms with van der Waals surface area (Å²) in [6, 6.07) is 4.18. The molecule has 0 aliphatic carbocycles. The number of amides is 1. The zero-order chi connectivity index (χ0) is 14.8. The van der Waals surface area contributed by atoms with Gasteiger partial charge in [-0.3, -0.25) is 4.79 Å². The molecule has 110 valence electrons. The second-order valence-electron chi connectivity index (χ2n) is 4.89. The van der Waals surface area contributed by atoms with Crippen LogP contribution in [0.3, 0.4) is 0 Å². The van der Waals surface area contributed by atoms with E-state index >= 15 is 0 Å². The molecule has 1 saturated heterocycles. The van der Waals surface area contributed by atoms with Crippen LogP contribution in [0.1, 0.15) is 35.7 Å². The van der Waals surface area contributed by atoms with Crippen LogP contribution in [0.4, 0.5) is 13.2 Å². The van der Waals surface area contributed by atoms with Gasteiger partial charge in [0.15, 0.2) is 0 Å².